The highest BCUT2D eigenvalue weighted by Crippen LogP contribution is 2.24. The molecule has 0 bridgehead atoms. The van der Waals surface area contributed by atoms with Crippen LogP contribution in [0.5, 0.6) is 0 Å². The molecule has 1 aliphatic heterocycles. The molecule has 1 amide bonds. The molecule has 0 spiro atoms. The third-order valence-corrected chi connectivity index (χ3v) is 4.57. The van der Waals surface area contributed by atoms with Crippen LogP contribution in [0.4, 0.5) is 5.69 Å². The van der Waals surface area contributed by atoms with Crippen LogP contribution in [0, 0.1) is 0 Å². The fraction of sp³-hybridized carbons (Fsp3) is 0.538. The number of pyridine rings is 1. The maximum absolute atomic E-state index is 12.5. The second kappa shape index (κ2) is 6.09. The van der Waals surface area contributed by atoms with E-state index in [1.807, 2.05) is 29.8 Å². The smallest absolute Gasteiger partial charge is 0.257 e. The third-order valence-electron chi connectivity index (χ3n) is 3.20. The van der Waals surface area contributed by atoms with Crippen molar-refractivity contribution in [2.75, 3.05) is 31.2 Å². The van der Waals surface area contributed by atoms with Crippen molar-refractivity contribution in [2.24, 2.45) is 0 Å². The molecule has 1 aliphatic rings. The number of hydrogen-bond acceptors (Lipinski definition) is 4. The molecule has 2 rings (SSSR count). The molecule has 1 fully saturated rings. The number of hydrogen-bond donors (Lipinski definition) is 1. The van der Waals surface area contributed by atoms with Crippen LogP contribution >= 0.6 is 11.8 Å². The number of nitrogens with zero attached hydrogens (tertiary/aromatic N) is 2. The quantitative estimate of drug-likeness (QED) is 0.909. The van der Waals surface area contributed by atoms with Gasteiger partial charge < -0.3 is 10.2 Å². The van der Waals surface area contributed by atoms with Crippen molar-refractivity contribution in [3.8, 4) is 0 Å². The second-order valence-corrected chi connectivity index (χ2v) is 5.73. The van der Waals surface area contributed by atoms with E-state index in [2.05, 4.69) is 17.2 Å². The standard InChI is InChI=1S/C13H19N3OS/c1-3-10-9-16(6-7-18-10)13(17)11-8-15-5-4-12(11)14-2/h4-5,8,10H,3,6-7,9H2,1-2H3,(H,14,15). The normalized spacial score (nSPS) is 19.7. The fourth-order valence-corrected chi connectivity index (χ4v) is 3.28. The average molecular weight is 265 g/mol. The lowest BCUT2D eigenvalue weighted by Crippen LogP contribution is -2.42. The highest BCUT2D eigenvalue weighted by molar-refractivity contribution is 8.00. The van der Waals surface area contributed by atoms with Gasteiger partial charge in [0.1, 0.15) is 0 Å². The molecule has 4 nitrogen and oxygen atoms in total. The number of amides is 1. The molecule has 5 heteroatoms. The van der Waals surface area contributed by atoms with E-state index in [4.69, 9.17) is 0 Å². The summed E-state index contributed by atoms with van der Waals surface area (Å²) in [6, 6.07) is 1.84. The first-order valence-electron chi connectivity index (χ1n) is 6.29. The Morgan fingerprint density at radius 2 is 2.50 bits per heavy atom. The van der Waals surface area contributed by atoms with Gasteiger partial charge in [-0.2, -0.15) is 11.8 Å². The Balaban J connectivity index is 2.15. The van der Waals surface area contributed by atoms with Gasteiger partial charge in [0.15, 0.2) is 0 Å². The molecule has 0 aliphatic carbocycles. The summed E-state index contributed by atoms with van der Waals surface area (Å²) in [4.78, 5) is 18.5. The van der Waals surface area contributed by atoms with E-state index in [9.17, 15) is 4.79 Å². The van der Waals surface area contributed by atoms with Crippen LogP contribution in [0.15, 0.2) is 18.5 Å². The Labute approximate surface area is 112 Å². The van der Waals surface area contributed by atoms with Crippen molar-refractivity contribution in [3.05, 3.63) is 24.0 Å². The van der Waals surface area contributed by atoms with Crippen LogP contribution in [0.1, 0.15) is 23.7 Å². The van der Waals surface area contributed by atoms with Gasteiger partial charge in [-0.25, -0.2) is 0 Å². The van der Waals surface area contributed by atoms with Crippen molar-refractivity contribution in [2.45, 2.75) is 18.6 Å². The van der Waals surface area contributed by atoms with E-state index < -0.39 is 0 Å². The minimum atomic E-state index is 0.0891. The molecule has 1 atom stereocenters. The van der Waals surface area contributed by atoms with Gasteiger partial charge in [-0.1, -0.05) is 6.92 Å². The molecule has 0 radical (unpaired) electrons. The predicted octanol–water partition coefficient (Wildman–Crippen LogP) is 2.09. The molecule has 0 aromatic carbocycles. The summed E-state index contributed by atoms with van der Waals surface area (Å²) in [7, 11) is 1.83. The van der Waals surface area contributed by atoms with Crippen LogP contribution in [0.25, 0.3) is 0 Å². The molecule has 18 heavy (non-hydrogen) atoms. The Hall–Kier alpha value is -1.23. The largest absolute Gasteiger partial charge is 0.387 e. The lowest BCUT2D eigenvalue weighted by atomic mass is 10.2. The van der Waals surface area contributed by atoms with Gasteiger partial charge >= 0.3 is 0 Å². The Bertz CT molecular complexity index is 424. The first-order chi connectivity index (χ1) is 8.76. The molecule has 1 aromatic rings. The van der Waals surface area contributed by atoms with E-state index in [-0.39, 0.29) is 5.91 Å². The lowest BCUT2D eigenvalue weighted by molar-refractivity contribution is 0.0761. The summed E-state index contributed by atoms with van der Waals surface area (Å²) in [6.45, 7) is 3.85. The first kappa shape index (κ1) is 13.2. The number of carbonyl (C=O) groups is 1. The van der Waals surface area contributed by atoms with Gasteiger partial charge in [0, 0.05) is 49.2 Å². The molecule has 98 valence electrons. The minimum absolute atomic E-state index is 0.0891. The molecule has 1 unspecified atom stereocenters. The number of aromatic nitrogens is 1. The molecule has 1 aromatic heterocycles. The molecule has 1 saturated heterocycles. The van der Waals surface area contributed by atoms with Crippen molar-refractivity contribution >= 4 is 23.4 Å². The number of rotatable bonds is 3. The van der Waals surface area contributed by atoms with E-state index in [1.165, 1.54) is 0 Å². The van der Waals surface area contributed by atoms with Gasteiger partial charge in [0.25, 0.3) is 5.91 Å². The molecular formula is C13H19N3OS. The SMILES string of the molecule is CCC1CN(C(=O)c2cnccc2NC)CCS1. The summed E-state index contributed by atoms with van der Waals surface area (Å²) >= 11 is 1.96. The van der Waals surface area contributed by atoms with Crippen LogP contribution in [0.3, 0.4) is 0 Å². The summed E-state index contributed by atoms with van der Waals surface area (Å²) < 4.78 is 0. The summed E-state index contributed by atoms with van der Waals surface area (Å²) in [5.74, 6) is 1.12. The highest BCUT2D eigenvalue weighted by atomic mass is 32.2. The number of carbonyl (C=O) groups excluding carboxylic acids is 1. The number of anilines is 1. The fourth-order valence-electron chi connectivity index (χ4n) is 2.10. The van der Waals surface area contributed by atoms with Gasteiger partial charge in [0.2, 0.25) is 0 Å². The minimum Gasteiger partial charge on any atom is -0.387 e. The van der Waals surface area contributed by atoms with Gasteiger partial charge in [-0.15, -0.1) is 0 Å². The summed E-state index contributed by atoms with van der Waals surface area (Å²) in [5.41, 5.74) is 1.52. The van der Waals surface area contributed by atoms with Crippen molar-refractivity contribution in [1.82, 2.24) is 9.88 Å². The first-order valence-corrected chi connectivity index (χ1v) is 7.33. The van der Waals surface area contributed by atoms with Crippen LogP contribution in [-0.4, -0.2) is 46.9 Å². The van der Waals surface area contributed by atoms with Crippen LogP contribution < -0.4 is 5.32 Å². The van der Waals surface area contributed by atoms with Crippen LogP contribution in [-0.2, 0) is 0 Å². The van der Waals surface area contributed by atoms with E-state index in [0.29, 0.717) is 10.8 Å². The van der Waals surface area contributed by atoms with Crippen molar-refractivity contribution in [3.63, 3.8) is 0 Å². The average Bonchev–Trinajstić information content (AvgIpc) is 2.46. The van der Waals surface area contributed by atoms with E-state index in [0.717, 1.165) is 31.0 Å². The Kier molecular flexibility index (Phi) is 4.47. The zero-order chi connectivity index (χ0) is 13.0. The number of thioether (sulfide) groups is 1. The maximum Gasteiger partial charge on any atom is 0.257 e. The zero-order valence-electron chi connectivity index (χ0n) is 10.8. The predicted molar refractivity (Wildman–Crippen MR) is 76.2 cm³/mol. The van der Waals surface area contributed by atoms with Crippen LogP contribution in [0.2, 0.25) is 0 Å². The number of nitrogens with one attached hydrogen (secondary N) is 1. The Morgan fingerprint density at radius 1 is 1.67 bits per heavy atom. The van der Waals surface area contributed by atoms with E-state index in [1.54, 1.807) is 12.4 Å². The molecular weight excluding hydrogens is 246 g/mol. The van der Waals surface area contributed by atoms with Gasteiger partial charge in [-0.05, 0) is 12.5 Å². The molecule has 0 saturated carbocycles. The molecule has 1 N–H and O–H groups in total. The topological polar surface area (TPSA) is 45.2 Å². The Morgan fingerprint density at radius 3 is 3.22 bits per heavy atom. The zero-order valence-corrected chi connectivity index (χ0v) is 11.7. The van der Waals surface area contributed by atoms with Gasteiger partial charge in [-0.3, -0.25) is 9.78 Å². The van der Waals surface area contributed by atoms with Crippen molar-refractivity contribution in [1.29, 1.82) is 0 Å². The summed E-state index contributed by atoms with van der Waals surface area (Å²) in [5, 5.41) is 3.62. The monoisotopic (exact) mass is 265 g/mol. The van der Waals surface area contributed by atoms with E-state index >= 15 is 0 Å². The lowest BCUT2D eigenvalue weighted by Gasteiger charge is -2.32. The summed E-state index contributed by atoms with van der Waals surface area (Å²) in [6.07, 6.45) is 4.46. The molecule has 2 heterocycles. The highest BCUT2D eigenvalue weighted by Gasteiger charge is 2.25. The maximum atomic E-state index is 12.5. The second-order valence-electron chi connectivity index (χ2n) is 4.32. The third kappa shape index (κ3) is 2.77. The van der Waals surface area contributed by atoms with Gasteiger partial charge in [0.05, 0.1) is 5.56 Å². The van der Waals surface area contributed by atoms with Crippen molar-refractivity contribution < 1.29 is 4.79 Å².